The van der Waals surface area contributed by atoms with Gasteiger partial charge in [0, 0.05) is 32.1 Å². The number of aromatic nitrogens is 1. The maximum Gasteiger partial charge on any atom is 0.419 e. The lowest BCUT2D eigenvalue weighted by molar-refractivity contribution is -0.131. The first-order valence-corrected chi connectivity index (χ1v) is 11.5. The van der Waals surface area contributed by atoms with Crippen molar-refractivity contribution in [1.82, 2.24) is 9.47 Å². The number of benzene rings is 1. The molecule has 27 heavy (non-hydrogen) atoms. The maximum atomic E-state index is 12.4. The number of amides is 1. The molecule has 1 fully saturated rings. The molecular weight excluding hydrogens is 398 g/mol. The molecule has 2 heterocycles. The summed E-state index contributed by atoms with van der Waals surface area (Å²) in [6, 6.07) is 3.43. The van der Waals surface area contributed by atoms with Gasteiger partial charge in [-0.3, -0.25) is 9.36 Å². The highest BCUT2D eigenvalue weighted by molar-refractivity contribution is 7.91. The molecule has 1 amide bonds. The van der Waals surface area contributed by atoms with E-state index in [1.165, 1.54) is 21.6 Å². The number of fused-ring (bicyclic) bond motifs is 1. The van der Waals surface area contributed by atoms with Gasteiger partial charge in [-0.25, -0.2) is 26.8 Å². The van der Waals surface area contributed by atoms with Gasteiger partial charge in [-0.15, -0.1) is 0 Å². The monoisotopic (exact) mass is 417 g/mol. The number of rotatable bonds is 5. The van der Waals surface area contributed by atoms with E-state index in [9.17, 15) is 26.4 Å². The van der Waals surface area contributed by atoms with Crippen molar-refractivity contribution in [3.63, 3.8) is 0 Å². The highest BCUT2D eigenvalue weighted by atomic mass is 32.2. The minimum atomic E-state index is -3.94. The lowest BCUT2D eigenvalue weighted by atomic mass is 10.2. The minimum Gasteiger partial charge on any atom is -0.408 e. The Morgan fingerprint density at radius 2 is 2.11 bits per heavy atom. The molecule has 2 N–H and O–H groups in total. The molecule has 10 nitrogen and oxygen atoms in total. The van der Waals surface area contributed by atoms with Crippen LogP contribution in [0.4, 0.5) is 0 Å². The second-order valence-electron chi connectivity index (χ2n) is 6.51. The summed E-state index contributed by atoms with van der Waals surface area (Å²) in [6.07, 6.45) is 0.369. The molecular formula is C15H19N3O7S2. The van der Waals surface area contributed by atoms with Gasteiger partial charge in [0.15, 0.2) is 15.4 Å². The predicted molar refractivity (Wildman–Crippen MR) is 96.3 cm³/mol. The summed E-state index contributed by atoms with van der Waals surface area (Å²) in [4.78, 5) is 25.6. The van der Waals surface area contributed by atoms with Crippen molar-refractivity contribution >= 4 is 36.9 Å². The molecule has 0 bridgehead atoms. The highest BCUT2D eigenvalue weighted by Crippen LogP contribution is 2.19. The van der Waals surface area contributed by atoms with E-state index < -0.39 is 25.6 Å². The Balaban J connectivity index is 1.76. The Morgan fingerprint density at radius 3 is 2.70 bits per heavy atom. The molecule has 1 atom stereocenters. The molecule has 0 spiro atoms. The number of hydrogen-bond acceptors (Lipinski definition) is 7. The van der Waals surface area contributed by atoms with Crippen molar-refractivity contribution in [2.45, 2.75) is 30.3 Å². The Hall–Kier alpha value is -2.18. The first-order chi connectivity index (χ1) is 12.5. The van der Waals surface area contributed by atoms with Crippen LogP contribution in [-0.2, 0) is 31.2 Å². The third kappa shape index (κ3) is 4.06. The molecule has 1 aliphatic heterocycles. The number of sulfonamides is 1. The van der Waals surface area contributed by atoms with E-state index in [2.05, 4.69) is 0 Å². The van der Waals surface area contributed by atoms with E-state index >= 15 is 0 Å². The molecule has 1 aromatic carbocycles. The zero-order chi connectivity index (χ0) is 20.0. The second kappa shape index (κ2) is 6.77. The summed E-state index contributed by atoms with van der Waals surface area (Å²) >= 11 is 0. The number of carbonyl (C=O) groups excluding carboxylic acids is 1. The first-order valence-electron chi connectivity index (χ1n) is 8.10. The molecule has 1 aromatic heterocycles. The number of carbonyl (C=O) groups is 1. The highest BCUT2D eigenvalue weighted by Gasteiger charge is 2.32. The van der Waals surface area contributed by atoms with Crippen LogP contribution in [0.5, 0.6) is 0 Å². The fourth-order valence-electron chi connectivity index (χ4n) is 3.10. The van der Waals surface area contributed by atoms with Gasteiger partial charge in [-0.05, 0) is 18.6 Å². The minimum absolute atomic E-state index is 0.0171. The maximum absolute atomic E-state index is 12.4. The topological polar surface area (TPSA) is 150 Å². The van der Waals surface area contributed by atoms with Crippen molar-refractivity contribution in [2.75, 3.05) is 18.6 Å². The van der Waals surface area contributed by atoms with Gasteiger partial charge in [0.2, 0.25) is 15.9 Å². The van der Waals surface area contributed by atoms with Gasteiger partial charge < -0.3 is 9.32 Å². The van der Waals surface area contributed by atoms with Gasteiger partial charge in [0.05, 0.1) is 21.9 Å². The van der Waals surface area contributed by atoms with Gasteiger partial charge in [0.1, 0.15) is 0 Å². The van der Waals surface area contributed by atoms with Crippen LogP contribution >= 0.6 is 0 Å². The SMILES string of the molecule is CN(C(=O)CCn1c(=O)oc2cc(S(N)(=O)=O)ccc21)[C@H]1CCS(=O)(=O)C1. The van der Waals surface area contributed by atoms with Crippen molar-refractivity contribution in [3.8, 4) is 0 Å². The fraction of sp³-hybridized carbons (Fsp3) is 0.467. The van der Waals surface area contributed by atoms with E-state index in [0.717, 1.165) is 6.07 Å². The van der Waals surface area contributed by atoms with Gasteiger partial charge in [-0.2, -0.15) is 0 Å². The van der Waals surface area contributed by atoms with Crippen LogP contribution < -0.4 is 10.9 Å². The average Bonchev–Trinajstić information content (AvgIpc) is 3.09. The average molecular weight is 417 g/mol. The van der Waals surface area contributed by atoms with E-state index in [0.29, 0.717) is 11.9 Å². The van der Waals surface area contributed by atoms with Crippen LogP contribution in [0.2, 0.25) is 0 Å². The third-order valence-electron chi connectivity index (χ3n) is 4.67. The van der Waals surface area contributed by atoms with E-state index in [1.807, 2.05) is 0 Å². The quantitative estimate of drug-likeness (QED) is 0.674. The molecule has 148 valence electrons. The van der Waals surface area contributed by atoms with Crippen LogP contribution in [0.3, 0.4) is 0 Å². The lowest BCUT2D eigenvalue weighted by Crippen LogP contribution is -2.38. The van der Waals surface area contributed by atoms with E-state index in [-0.39, 0.29) is 46.9 Å². The zero-order valence-electron chi connectivity index (χ0n) is 14.5. The largest absolute Gasteiger partial charge is 0.419 e. The number of primary sulfonamides is 1. The summed E-state index contributed by atoms with van der Waals surface area (Å²) in [6.45, 7) is 0.0171. The summed E-state index contributed by atoms with van der Waals surface area (Å²) in [5.74, 6) is -1.01. The number of nitrogens with zero attached hydrogens (tertiary/aromatic N) is 2. The molecule has 12 heteroatoms. The smallest absolute Gasteiger partial charge is 0.408 e. The number of hydrogen-bond donors (Lipinski definition) is 1. The molecule has 1 aliphatic rings. The Bertz CT molecular complexity index is 1160. The van der Waals surface area contributed by atoms with Crippen molar-refractivity contribution in [1.29, 1.82) is 0 Å². The van der Waals surface area contributed by atoms with E-state index in [1.54, 1.807) is 7.05 Å². The lowest BCUT2D eigenvalue weighted by Gasteiger charge is -2.23. The predicted octanol–water partition coefficient (Wildman–Crippen LogP) is -0.722. The fourth-order valence-corrected chi connectivity index (χ4v) is 5.41. The molecule has 0 radical (unpaired) electrons. The normalized spacial score (nSPS) is 19.4. The third-order valence-corrected chi connectivity index (χ3v) is 7.33. The summed E-state index contributed by atoms with van der Waals surface area (Å²) in [5, 5.41) is 5.06. The van der Waals surface area contributed by atoms with Crippen molar-refractivity contribution in [2.24, 2.45) is 5.14 Å². The Kier molecular flexibility index (Phi) is 4.91. The Labute approximate surface area is 155 Å². The number of oxazole rings is 1. The Morgan fingerprint density at radius 1 is 1.41 bits per heavy atom. The summed E-state index contributed by atoms with van der Waals surface area (Å²) in [5.41, 5.74) is 0.389. The van der Waals surface area contributed by atoms with Crippen LogP contribution in [0, 0.1) is 0 Å². The van der Waals surface area contributed by atoms with Crippen molar-refractivity contribution < 1.29 is 26.0 Å². The van der Waals surface area contributed by atoms with Crippen LogP contribution in [-0.4, -0.2) is 56.8 Å². The van der Waals surface area contributed by atoms with Crippen LogP contribution in [0.25, 0.3) is 11.1 Å². The molecule has 0 saturated carbocycles. The van der Waals surface area contributed by atoms with Gasteiger partial charge >= 0.3 is 5.76 Å². The number of nitrogens with two attached hydrogens (primary N) is 1. The van der Waals surface area contributed by atoms with Crippen LogP contribution in [0.1, 0.15) is 12.8 Å². The molecule has 0 aliphatic carbocycles. The van der Waals surface area contributed by atoms with Gasteiger partial charge in [-0.1, -0.05) is 0 Å². The zero-order valence-corrected chi connectivity index (χ0v) is 16.1. The number of sulfone groups is 1. The standard InChI is InChI=1S/C15H19N3O7S2/c1-17(10-5-7-26(21,22)9-10)14(19)4-6-18-12-3-2-11(27(16,23)24)8-13(12)25-15(18)20/h2-3,8,10H,4-7,9H2,1H3,(H2,16,23,24)/t10-/m0/s1. The summed E-state index contributed by atoms with van der Waals surface area (Å²) in [7, 11) is -5.50. The molecule has 2 aromatic rings. The van der Waals surface area contributed by atoms with E-state index in [4.69, 9.17) is 9.56 Å². The van der Waals surface area contributed by atoms with Gasteiger partial charge in [0.25, 0.3) is 0 Å². The van der Waals surface area contributed by atoms with Crippen LogP contribution in [0.15, 0.2) is 32.3 Å². The first kappa shape index (κ1) is 19.6. The molecule has 3 rings (SSSR count). The molecule has 1 saturated heterocycles. The molecule has 0 unspecified atom stereocenters. The number of aryl methyl sites for hydroxylation is 1. The summed E-state index contributed by atoms with van der Waals surface area (Å²) < 4.78 is 52.1. The van der Waals surface area contributed by atoms with Crippen molar-refractivity contribution in [3.05, 3.63) is 28.7 Å². The second-order valence-corrected chi connectivity index (χ2v) is 10.3.